The normalized spacial score (nSPS) is 12.8. The van der Waals surface area contributed by atoms with Crippen molar-refractivity contribution < 1.29 is 5.11 Å². The Labute approximate surface area is 88.6 Å². The zero-order chi connectivity index (χ0) is 10.4. The predicted octanol–water partition coefficient (Wildman–Crippen LogP) is 1.67. The van der Waals surface area contributed by atoms with Gasteiger partial charge in [0, 0.05) is 24.5 Å². The molecule has 4 nitrogen and oxygen atoms in total. The molecule has 0 aromatic carbocycles. The molecule has 0 saturated carbocycles. The van der Waals surface area contributed by atoms with E-state index >= 15 is 0 Å². The molecule has 1 rings (SSSR count). The summed E-state index contributed by atoms with van der Waals surface area (Å²) in [5, 5.41) is 13.3. The van der Waals surface area contributed by atoms with Crippen LogP contribution >= 0.6 is 11.5 Å². The van der Waals surface area contributed by atoms with Gasteiger partial charge in [-0.3, -0.25) is 0 Å². The average molecular weight is 215 g/mol. The predicted molar refractivity (Wildman–Crippen MR) is 58.7 cm³/mol. The maximum atomic E-state index is 9.31. The lowest BCUT2D eigenvalue weighted by Gasteiger charge is -2.06. The van der Waals surface area contributed by atoms with Crippen LogP contribution in [0.4, 0.5) is 5.13 Å². The van der Waals surface area contributed by atoms with Crippen LogP contribution < -0.4 is 5.32 Å². The van der Waals surface area contributed by atoms with Crippen LogP contribution in [0.2, 0.25) is 0 Å². The van der Waals surface area contributed by atoms with Gasteiger partial charge in [-0.2, -0.15) is 4.37 Å². The summed E-state index contributed by atoms with van der Waals surface area (Å²) in [5.41, 5.74) is 0. The molecule has 0 radical (unpaired) electrons. The average Bonchev–Trinajstić information content (AvgIpc) is 2.65. The number of aromatic nitrogens is 2. The van der Waals surface area contributed by atoms with E-state index < -0.39 is 0 Å². The van der Waals surface area contributed by atoms with E-state index in [0.29, 0.717) is 0 Å². The SMILES string of the molecule is CCc1nsc(NCCC(O)CC)n1. The van der Waals surface area contributed by atoms with Gasteiger partial charge >= 0.3 is 0 Å². The lowest BCUT2D eigenvalue weighted by Crippen LogP contribution is -2.12. The lowest BCUT2D eigenvalue weighted by molar-refractivity contribution is 0.164. The Morgan fingerprint density at radius 1 is 1.50 bits per heavy atom. The lowest BCUT2D eigenvalue weighted by atomic mass is 10.2. The quantitative estimate of drug-likeness (QED) is 0.758. The van der Waals surface area contributed by atoms with Crippen molar-refractivity contribution >= 4 is 16.7 Å². The Kier molecular flexibility index (Phi) is 4.82. The van der Waals surface area contributed by atoms with Gasteiger partial charge in [-0.05, 0) is 12.8 Å². The van der Waals surface area contributed by atoms with Crippen molar-refractivity contribution in [1.29, 1.82) is 0 Å². The molecule has 80 valence electrons. The van der Waals surface area contributed by atoms with Gasteiger partial charge in [0.05, 0.1) is 6.10 Å². The molecule has 0 aliphatic carbocycles. The molecule has 14 heavy (non-hydrogen) atoms. The highest BCUT2D eigenvalue weighted by molar-refractivity contribution is 7.09. The first kappa shape index (κ1) is 11.4. The third-order valence-corrected chi connectivity index (χ3v) is 2.72. The Bertz CT molecular complexity index is 264. The van der Waals surface area contributed by atoms with Crippen LogP contribution in [-0.4, -0.2) is 27.1 Å². The van der Waals surface area contributed by atoms with Gasteiger partial charge in [-0.25, -0.2) is 4.98 Å². The highest BCUT2D eigenvalue weighted by atomic mass is 32.1. The van der Waals surface area contributed by atoms with E-state index in [1.807, 2.05) is 13.8 Å². The van der Waals surface area contributed by atoms with Crippen LogP contribution in [0.3, 0.4) is 0 Å². The van der Waals surface area contributed by atoms with Crippen molar-refractivity contribution in [3.63, 3.8) is 0 Å². The minimum atomic E-state index is -0.207. The summed E-state index contributed by atoms with van der Waals surface area (Å²) in [6.07, 6.45) is 2.23. The number of aryl methyl sites for hydroxylation is 1. The number of hydrogen-bond donors (Lipinski definition) is 2. The summed E-state index contributed by atoms with van der Waals surface area (Å²) in [6, 6.07) is 0. The molecular weight excluding hydrogens is 198 g/mol. The molecule has 1 heterocycles. The molecule has 0 aliphatic rings. The summed E-state index contributed by atoms with van der Waals surface area (Å²) >= 11 is 1.38. The van der Waals surface area contributed by atoms with Crippen LogP contribution in [0.15, 0.2) is 0 Å². The second kappa shape index (κ2) is 5.93. The number of rotatable bonds is 6. The Morgan fingerprint density at radius 2 is 2.29 bits per heavy atom. The van der Waals surface area contributed by atoms with Gasteiger partial charge in [0.2, 0.25) is 5.13 Å². The molecule has 2 N–H and O–H groups in total. The first-order valence-corrected chi connectivity index (χ1v) is 5.78. The Hall–Kier alpha value is -0.680. The van der Waals surface area contributed by atoms with Crippen LogP contribution in [-0.2, 0) is 6.42 Å². The highest BCUT2D eigenvalue weighted by Gasteiger charge is 2.03. The number of nitrogens with one attached hydrogen (secondary N) is 1. The van der Waals surface area contributed by atoms with Crippen molar-refractivity contribution in [2.45, 2.75) is 39.2 Å². The Balaban J connectivity index is 2.24. The van der Waals surface area contributed by atoms with Crippen LogP contribution in [0.5, 0.6) is 0 Å². The van der Waals surface area contributed by atoms with Crippen molar-refractivity contribution in [3.05, 3.63) is 5.82 Å². The first-order chi connectivity index (χ1) is 6.76. The van der Waals surface area contributed by atoms with Crippen molar-refractivity contribution in [2.75, 3.05) is 11.9 Å². The summed E-state index contributed by atoms with van der Waals surface area (Å²) < 4.78 is 4.16. The maximum absolute atomic E-state index is 9.31. The fourth-order valence-electron chi connectivity index (χ4n) is 1.02. The van der Waals surface area contributed by atoms with Crippen LogP contribution in [0.25, 0.3) is 0 Å². The van der Waals surface area contributed by atoms with Crippen LogP contribution in [0.1, 0.15) is 32.5 Å². The van der Waals surface area contributed by atoms with Gasteiger partial charge in [0.25, 0.3) is 0 Å². The van der Waals surface area contributed by atoms with Gasteiger partial charge in [0.15, 0.2) is 0 Å². The molecule has 1 aromatic heterocycles. The van der Waals surface area contributed by atoms with Gasteiger partial charge in [-0.15, -0.1) is 0 Å². The molecular formula is C9H17N3OS. The van der Waals surface area contributed by atoms with Crippen molar-refractivity contribution in [1.82, 2.24) is 9.36 Å². The van der Waals surface area contributed by atoms with E-state index in [1.54, 1.807) is 0 Å². The molecule has 0 amide bonds. The summed E-state index contributed by atoms with van der Waals surface area (Å²) in [6.45, 7) is 4.77. The molecule has 0 spiro atoms. The zero-order valence-corrected chi connectivity index (χ0v) is 9.47. The molecule has 1 atom stereocenters. The summed E-state index contributed by atoms with van der Waals surface area (Å²) in [7, 11) is 0. The van der Waals surface area contributed by atoms with E-state index in [1.165, 1.54) is 11.5 Å². The number of anilines is 1. The second-order valence-corrected chi connectivity index (χ2v) is 3.90. The van der Waals surface area contributed by atoms with E-state index in [0.717, 1.165) is 36.8 Å². The minimum absolute atomic E-state index is 0.207. The fourth-order valence-corrected chi connectivity index (χ4v) is 1.69. The van der Waals surface area contributed by atoms with Crippen molar-refractivity contribution in [2.24, 2.45) is 0 Å². The monoisotopic (exact) mass is 215 g/mol. The maximum Gasteiger partial charge on any atom is 0.202 e. The number of nitrogens with zero attached hydrogens (tertiary/aromatic N) is 2. The summed E-state index contributed by atoms with van der Waals surface area (Å²) in [4.78, 5) is 4.27. The molecule has 5 heteroatoms. The van der Waals surface area contributed by atoms with Crippen molar-refractivity contribution in [3.8, 4) is 0 Å². The Morgan fingerprint density at radius 3 is 2.86 bits per heavy atom. The fraction of sp³-hybridized carbons (Fsp3) is 0.778. The van der Waals surface area contributed by atoms with Crippen LogP contribution in [0, 0.1) is 0 Å². The number of aliphatic hydroxyl groups excluding tert-OH is 1. The molecule has 0 fully saturated rings. The van der Waals surface area contributed by atoms with E-state index in [-0.39, 0.29) is 6.10 Å². The van der Waals surface area contributed by atoms with E-state index in [2.05, 4.69) is 14.7 Å². The molecule has 0 bridgehead atoms. The zero-order valence-electron chi connectivity index (χ0n) is 8.66. The topological polar surface area (TPSA) is 58.0 Å². The largest absolute Gasteiger partial charge is 0.393 e. The first-order valence-electron chi connectivity index (χ1n) is 5.00. The standard InChI is InChI=1S/C9H17N3OS/c1-3-7(13)5-6-10-9-11-8(4-2)12-14-9/h7,13H,3-6H2,1-2H3,(H,10,11,12). The molecule has 1 unspecified atom stereocenters. The van der Waals surface area contributed by atoms with Gasteiger partial charge < -0.3 is 10.4 Å². The molecule has 0 saturated heterocycles. The number of aliphatic hydroxyl groups is 1. The van der Waals surface area contributed by atoms with E-state index in [9.17, 15) is 5.11 Å². The highest BCUT2D eigenvalue weighted by Crippen LogP contribution is 2.11. The summed E-state index contributed by atoms with van der Waals surface area (Å²) in [5.74, 6) is 0.883. The number of hydrogen-bond acceptors (Lipinski definition) is 5. The molecule has 0 aliphatic heterocycles. The minimum Gasteiger partial charge on any atom is -0.393 e. The smallest absolute Gasteiger partial charge is 0.202 e. The third-order valence-electron chi connectivity index (χ3n) is 2.01. The second-order valence-electron chi connectivity index (χ2n) is 3.15. The van der Waals surface area contributed by atoms with E-state index in [4.69, 9.17) is 0 Å². The third kappa shape index (κ3) is 3.59. The van der Waals surface area contributed by atoms with Gasteiger partial charge in [0.1, 0.15) is 5.82 Å². The molecule has 1 aromatic rings. The van der Waals surface area contributed by atoms with Gasteiger partial charge in [-0.1, -0.05) is 13.8 Å².